The molecule has 112 valence electrons. The second-order valence-electron chi connectivity index (χ2n) is 4.86. The van der Waals surface area contributed by atoms with Crippen molar-refractivity contribution in [2.24, 2.45) is 0 Å². The van der Waals surface area contributed by atoms with E-state index < -0.39 is 17.8 Å². The molecule has 2 nitrogen and oxygen atoms in total. The van der Waals surface area contributed by atoms with Gasteiger partial charge in [0.15, 0.2) is 0 Å². The fourth-order valence-electron chi connectivity index (χ4n) is 2.03. The van der Waals surface area contributed by atoms with Crippen molar-refractivity contribution in [1.29, 1.82) is 0 Å². The minimum absolute atomic E-state index is 0.330. The van der Waals surface area contributed by atoms with E-state index in [-0.39, 0.29) is 6.04 Å². The largest absolute Gasteiger partial charge is 0.416 e. The lowest BCUT2D eigenvalue weighted by atomic mass is 10.0. The minimum Gasteiger partial charge on any atom is -0.386 e. The second-order valence-corrected chi connectivity index (χ2v) is 4.86. The number of hydrogen-bond acceptors (Lipinski definition) is 2. The van der Waals surface area contributed by atoms with Gasteiger partial charge in [0, 0.05) is 5.69 Å². The van der Waals surface area contributed by atoms with Gasteiger partial charge in [0.1, 0.15) is 0 Å². The summed E-state index contributed by atoms with van der Waals surface area (Å²) in [5.74, 6) is 0. The van der Waals surface area contributed by atoms with Crippen molar-refractivity contribution in [3.63, 3.8) is 0 Å². The summed E-state index contributed by atoms with van der Waals surface area (Å²) in [4.78, 5) is 0. The molecule has 2 aromatic rings. The van der Waals surface area contributed by atoms with E-state index in [1.807, 2.05) is 30.3 Å². The molecule has 0 aliphatic carbocycles. The predicted molar refractivity (Wildman–Crippen MR) is 75.9 cm³/mol. The molecule has 21 heavy (non-hydrogen) atoms. The molecule has 0 saturated heterocycles. The average molecular weight is 295 g/mol. The molecular weight excluding hydrogens is 279 g/mol. The third-order valence-electron chi connectivity index (χ3n) is 3.22. The van der Waals surface area contributed by atoms with Gasteiger partial charge >= 0.3 is 6.18 Å². The first-order valence-electron chi connectivity index (χ1n) is 6.55. The highest BCUT2D eigenvalue weighted by molar-refractivity contribution is 5.44. The van der Waals surface area contributed by atoms with Gasteiger partial charge in [-0.1, -0.05) is 30.3 Å². The van der Waals surface area contributed by atoms with Gasteiger partial charge in [0.25, 0.3) is 0 Å². The van der Waals surface area contributed by atoms with Crippen LogP contribution in [0.4, 0.5) is 18.9 Å². The Morgan fingerprint density at radius 3 is 2.05 bits per heavy atom. The molecule has 2 atom stereocenters. The number of anilines is 1. The Morgan fingerprint density at radius 1 is 0.952 bits per heavy atom. The summed E-state index contributed by atoms with van der Waals surface area (Å²) in [5.41, 5.74) is 0.567. The highest BCUT2D eigenvalue weighted by atomic mass is 19.4. The van der Waals surface area contributed by atoms with E-state index in [1.165, 1.54) is 12.1 Å². The highest BCUT2D eigenvalue weighted by Gasteiger charge is 2.30. The molecular formula is C16H16F3NO. The molecule has 0 fully saturated rings. The summed E-state index contributed by atoms with van der Waals surface area (Å²) in [6, 6.07) is 13.5. The van der Waals surface area contributed by atoms with E-state index in [0.717, 1.165) is 17.8 Å². The Hall–Kier alpha value is -2.01. The first-order chi connectivity index (χ1) is 9.88. The maximum atomic E-state index is 12.5. The van der Waals surface area contributed by atoms with Crippen LogP contribution in [-0.2, 0) is 6.18 Å². The van der Waals surface area contributed by atoms with Gasteiger partial charge in [-0.25, -0.2) is 0 Å². The van der Waals surface area contributed by atoms with Crippen LogP contribution in [0.3, 0.4) is 0 Å². The lowest BCUT2D eigenvalue weighted by Crippen LogP contribution is -2.24. The van der Waals surface area contributed by atoms with E-state index in [9.17, 15) is 18.3 Å². The Morgan fingerprint density at radius 2 is 1.52 bits per heavy atom. The van der Waals surface area contributed by atoms with Crippen LogP contribution in [0.1, 0.15) is 24.2 Å². The number of rotatable bonds is 4. The summed E-state index contributed by atoms with van der Waals surface area (Å²) >= 11 is 0. The summed E-state index contributed by atoms with van der Waals surface area (Å²) in [6.07, 6.45) is -5.26. The van der Waals surface area contributed by atoms with Crippen LogP contribution in [0.15, 0.2) is 54.6 Å². The molecule has 0 aromatic heterocycles. The van der Waals surface area contributed by atoms with E-state index in [0.29, 0.717) is 5.56 Å². The lowest BCUT2D eigenvalue weighted by molar-refractivity contribution is -0.137. The number of hydrogen-bond donors (Lipinski definition) is 2. The van der Waals surface area contributed by atoms with E-state index in [4.69, 9.17) is 0 Å². The molecule has 0 radical (unpaired) electrons. The van der Waals surface area contributed by atoms with Crippen molar-refractivity contribution in [2.45, 2.75) is 25.2 Å². The number of benzene rings is 2. The van der Waals surface area contributed by atoms with Crippen LogP contribution in [0, 0.1) is 0 Å². The number of alkyl halides is 3. The molecule has 0 amide bonds. The van der Waals surface area contributed by atoms with Crippen molar-refractivity contribution >= 4 is 5.69 Å². The van der Waals surface area contributed by atoms with Crippen LogP contribution in [0.2, 0.25) is 0 Å². The molecule has 5 heteroatoms. The molecule has 0 bridgehead atoms. The zero-order valence-electron chi connectivity index (χ0n) is 11.4. The van der Waals surface area contributed by atoms with Gasteiger partial charge in [0.05, 0.1) is 17.7 Å². The zero-order chi connectivity index (χ0) is 15.5. The summed E-state index contributed by atoms with van der Waals surface area (Å²) in [6.45, 7) is 1.77. The van der Waals surface area contributed by atoms with Crippen molar-refractivity contribution in [1.82, 2.24) is 0 Å². The van der Waals surface area contributed by atoms with Gasteiger partial charge in [-0.15, -0.1) is 0 Å². The van der Waals surface area contributed by atoms with E-state index >= 15 is 0 Å². The first-order valence-corrected chi connectivity index (χ1v) is 6.55. The highest BCUT2D eigenvalue weighted by Crippen LogP contribution is 2.30. The average Bonchev–Trinajstić information content (AvgIpc) is 2.46. The molecule has 0 spiro atoms. The maximum Gasteiger partial charge on any atom is 0.416 e. The third-order valence-corrected chi connectivity index (χ3v) is 3.22. The van der Waals surface area contributed by atoms with Gasteiger partial charge in [0.2, 0.25) is 0 Å². The van der Waals surface area contributed by atoms with E-state index in [1.54, 1.807) is 6.92 Å². The number of para-hydroxylation sites is 1. The smallest absolute Gasteiger partial charge is 0.386 e. The molecule has 0 saturated carbocycles. The number of nitrogens with one attached hydrogen (secondary N) is 1. The Kier molecular flexibility index (Phi) is 4.53. The third kappa shape index (κ3) is 3.98. The zero-order valence-corrected chi connectivity index (χ0v) is 11.4. The molecule has 2 aromatic carbocycles. The SMILES string of the molecule is C[C@H](Nc1ccccc1)[C@@H](O)c1ccc(C(F)(F)F)cc1. The maximum absolute atomic E-state index is 12.5. The molecule has 2 rings (SSSR count). The van der Waals surface area contributed by atoms with Crippen molar-refractivity contribution < 1.29 is 18.3 Å². The Labute approximate surface area is 121 Å². The van der Waals surface area contributed by atoms with Crippen LogP contribution in [-0.4, -0.2) is 11.1 Å². The van der Waals surface area contributed by atoms with Crippen LogP contribution < -0.4 is 5.32 Å². The predicted octanol–water partition coefficient (Wildman–Crippen LogP) is 4.24. The van der Waals surface area contributed by atoms with Crippen LogP contribution in [0.5, 0.6) is 0 Å². The van der Waals surface area contributed by atoms with Gasteiger partial charge < -0.3 is 10.4 Å². The summed E-state index contributed by atoms with van der Waals surface area (Å²) < 4.78 is 37.5. The van der Waals surface area contributed by atoms with Crippen LogP contribution in [0.25, 0.3) is 0 Å². The standard InChI is InChI=1S/C16H16F3NO/c1-11(20-14-5-3-2-4-6-14)15(21)12-7-9-13(10-8-12)16(17,18)19/h2-11,15,20-21H,1H3/t11-,15+/m0/s1. The van der Waals surface area contributed by atoms with Gasteiger partial charge in [-0.3, -0.25) is 0 Å². The fourth-order valence-corrected chi connectivity index (χ4v) is 2.03. The Balaban J connectivity index is 2.07. The molecule has 0 aliphatic heterocycles. The van der Waals surface area contributed by atoms with Crippen molar-refractivity contribution in [3.05, 3.63) is 65.7 Å². The lowest BCUT2D eigenvalue weighted by Gasteiger charge is -2.22. The van der Waals surface area contributed by atoms with Gasteiger partial charge in [-0.05, 0) is 36.8 Å². The first kappa shape index (κ1) is 15.4. The molecule has 0 aliphatic rings. The molecule has 2 N–H and O–H groups in total. The van der Waals surface area contributed by atoms with Gasteiger partial charge in [-0.2, -0.15) is 13.2 Å². The van der Waals surface area contributed by atoms with Crippen LogP contribution >= 0.6 is 0 Å². The molecule has 0 heterocycles. The summed E-state index contributed by atoms with van der Waals surface area (Å²) in [5, 5.41) is 13.3. The minimum atomic E-state index is -4.36. The van der Waals surface area contributed by atoms with Crippen molar-refractivity contribution in [3.8, 4) is 0 Å². The number of aliphatic hydroxyl groups is 1. The number of aliphatic hydroxyl groups excluding tert-OH is 1. The van der Waals surface area contributed by atoms with Crippen molar-refractivity contribution in [2.75, 3.05) is 5.32 Å². The van der Waals surface area contributed by atoms with E-state index in [2.05, 4.69) is 5.32 Å². The second kappa shape index (κ2) is 6.18. The topological polar surface area (TPSA) is 32.3 Å². The molecule has 0 unspecified atom stereocenters. The quantitative estimate of drug-likeness (QED) is 0.884. The Bertz CT molecular complexity index is 566. The summed E-state index contributed by atoms with van der Waals surface area (Å²) in [7, 11) is 0. The fraction of sp³-hybridized carbons (Fsp3) is 0.250. The monoisotopic (exact) mass is 295 g/mol. The normalized spacial score (nSPS) is 14.5. The number of halogens is 3.